The first kappa shape index (κ1) is 29.0. The van der Waals surface area contributed by atoms with E-state index in [1.54, 1.807) is 0 Å². The van der Waals surface area contributed by atoms with E-state index in [-0.39, 0.29) is 29.5 Å². The second-order valence-electron chi connectivity index (χ2n) is 10.6. The van der Waals surface area contributed by atoms with Gasteiger partial charge in [-0.05, 0) is 77.8 Å². The van der Waals surface area contributed by atoms with Crippen molar-refractivity contribution >= 4 is 35.0 Å². The Balaban J connectivity index is 1.80. The number of carbonyl (C=O) groups is 2. The molecule has 0 bridgehead atoms. The third kappa shape index (κ3) is 7.96. The Morgan fingerprint density at radius 2 is 1.68 bits per heavy atom. The highest BCUT2D eigenvalue weighted by molar-refractivity contribution is 7.99. The first-order chi connectivity index (χ1) is 17.5. The lowest BCUT2D eigenvalue weighted by atomic mass is 9.85. The van der Waals surface area contributed by atoms with Crippen molar-refractivity contribution < 1.29 is 14.7 Å². The van der Waals surface area contributed by atoms with Gasteiger partial charge in [0, 0.05) is 21.6 Å². The lowest BCUT2D eigenvalue weighted by molar-refractivity contribution is -0.136. The number of thioether (sulfide) groups is 1. The van der Waals surface area contributed by atoms with Crippen LogP contribution in [-0.4, -0.2) is 23.5 Å². The Morgan fingerprint density at radius 1 is 1.03 bits per heavy atom. The molecule has 1 heterocycles. The first-order valence-corrected chi connectivity index (χ1v) is 14.7. The second-order valence-corrected chi connectivity index (χ2v) is 13.0. The number of carboxylic acid groups (broad SMARTS) is 1. The number of carbonyl (C=O) groups excluding carboxylic acids is 1. The molecule has 0 unspecified atom stereocenters. The van der Waals surface area contributed by atoms with Gasteiger partial charge >= 0.3 is 5.97 Å². The molecule has 0 fully saturated rings. The van der Waals surface area contributed by atoms with Crippen molar-refractivity contribution in [2.75, 3.05) is 6.54 Å². The topological polar surface area (TPSA) is 66.4 Å². The van der Waals surface area contributed by atoms with E-state index in [0.717, 1.165) is 19.3 Å². The van der Waals surface area contributed by atoms with Crippen LogP contribution in [0.1, 0.15) is 89.9 Å². The van der Waals surface area contributed by atoms with E-state index in [1.807, 2.05) is 17.8 Å². The molecule has 0 aliphatic heterocycles. The molecule has 37 heavy (non-hydrogen) atoms. The molecule has 0 saturated carbocycles. The van der Waals surface area contributed by atoms with Gasteiger partial charge in [-0.2, -0.15) is 0 Å². The van der Waals surface area contributed by atoms with Crippen LogP contribution in [-0.2, 0) is 10.2 Å². The number of thiophene rings is 1. The van der Waals surface area contributed by atoms with Gasteiger partial charge in [-0.25, -0.2) is 0 Å². The molecule has 1 aromatic heterocycles. The van der Waals surface area contributed by atoms with Crippen LogP contribution < -0.4 is 5.32 Å². The summed E-state index contributed by atoms with van der Waals surface area (Å²) in [6.45, 7) is 13.4. The lowest BCUT2D eigenvalue weighted by Gasteiger charge is -2.20. The van der Waals surface area contributed by atoms with Crippen LogP contribution in [0.25, 0.3) is 11.1 Å². The SMILES string of the molecule is CCCC[C@@H](Sc1cc(C)c(-c2ccc(C(C)(C)C)cc2)c(C)c1)c1ccc(C(=O)NCCC(=O)O)s1. The Kier molecular flexibility index (Phi) is 10.0. The first-order valence-electron chi connectivity index (χ1n) is 13.0. The van der Waals surface area contributed by atoms with Crippen LogP contribution in [0.5, 0.6) is 0 Å². The number of aryl methyl sites for hydroxylation is 2. The Labute approximate surface area is 229 Å². The zero-order valence-corrected chi connectivity index (χ0v) is 24.4. The lowest BCUT2D eigenvalue weighted by Crippen LogP contribution is -2.25. The highest BCUT2D eigenvalue weighted by Gasteiger charge is 2.20. The molecule has 6 heteroatoms. The quantitative estimate of drug-likeness (QED) is 0.240. The van der Waals surface area contributed by atoms with E-state index in [9.17, 15) is 9.59 Å². The molecule has 4 nitrogen and oxygen atoms in total. The predicted octanol–water partition coefficient (Wildman–Crippen LogP) is 8.56. The molecular formula is C31H39NO3S2. The Morgan fingerprint density at radius 3 is 2.24 bits per heavy atom. The number of unbranched alkanes of at least 4 members (excludes halogenated alkanes) is 1. The fourth-order valence-corrected chi connectivity index (χ4v) is 6.94. The summed E-state index contributed by atoms with van der Waals surface area (Å²) in [7, 11) is 0. The smallest absolute Gasteiger partial charge is 0.305 e. The Bertz CT molecular complexity index is 1200. The van der Waals surface area contributed by atoms with E-state index in [0.29, 0.717) is 4.88 Å². The van der Waals surface area contributed by atoms with Crippen molar-refractivity contribution in [3.05, 3.63) is 75.0 Å². The largest absolute Gasteiger partial charge is 0.481 e. The summed E-state index contributed by atoms with van der Waals surface area (Å²) in [5.41, 5.74) is 6.56. The number of nitrogens with one attached hydrogen (secondary N) is 1. The molecule has 1 amide bonds. The summed E-state index contributed by atoms with van der Waals surface area (Å²) in [6.07, 6.45) is 3.20. The zero-order valence-electron chi connectivity index (χ0n) is 22.8. The predicted molar refractivity (Wildman–Crippen MR) is 157 cm³/mol. The van der Waals surface area contributed by atoms with Gasteiger partial charge in [0.2, 0.25) is 0 Å². The number of hydrogen-bond acceptors (Lipinski definition) is 4. The van der Waals surface area contributed by atoms with Crippen molar-refractivity contribution in [2.45, 2.75) is 82.8 Å². The molecule has 2 aromatic carbocycles. The van der Waals surface area contributed by atoms with Gasteiger partial charge in [0.15, 0.2) is 0 Å². The summed E-state index contributed by atoms with van der Waals surface area (Å²) < 4.78 is 0. The van der Waals surface area contributed by atoms with Gasteiger partial charge in [-0.1, -0.05) is 64.8 Å². The maximum absolute atomic E-state index is 12.5. The minimum absolute atomic E-state index is 0.0750. The number of aliphatic carboxylic acids is 1. The van der Waals surface area contributed by atoms with Crippen molar-refractivity contribution in [3.63, 3.8) is 0 Å². The van der Waals surface area contributed by atoms with E-state index >= 15 is 0 Å². The van der Waals surface area contributed by atoms with E-state index < -0.39 is 5.97 Å². The average Bonchev–Trinajstić information content (AvgIpc) is 3.31. The summed E-state index contributed by atoms with van der Waals surface area (Å²) in [5.74, 6) is -1.12. The molecule has 3 aromatic rings. The van der Waals surface area contributed by atoms with Gasteiger partial charge in [-0.3, -0.25) is 9.59 Å². The number of rotatable bonds is 11. The number of benzene rings is 2. The van der Waals surface area contributed by atoms with E-state index in [2.05, 4.69) is 89.3 Å². The van der Waals surface area contributed by atoms with Gasteiger partial charge in [-0.15, -0.1) is 23.1 Å². The highest BCUT2D eigenvalue weighted by atomic mass is 32.2. The van der Waals surface area contributed by atoms with Crippen molar-refractivity contribution in [2.24, 2.45) is 0 Å². The van der Waals surface area contributed by atoms with Gasteiger partial charge in [0.25, 0.3) is 5.91 Å². The maximum Gasteiger partial charge on any atom is 0.305 e. The maximum atomic E-state index is 12.5. The van der Waals surface area contributed by atoms with Gasteiger partial charge < -0.3 is 10.4 Å². The molecule has 3 rings (SSSR count). The van der Waals surface area contributed by atoms with Gasteiger partial charge in [0.05, 0.1) is 11.3 Å². The third-order valence-corrected chi connectivity index (χ3v) is 9.07. The van der Waals surface area contributed by atoms with Crippen LogP contribution in [0.4, 0.5) is 0 Å². The standard InChI is InChI=1S/C31H39NO3S2/c1-7-8-9-25(26-14-15-27(37-26)30(35)32-17-16-28(33)34)36-24-18-20(2)29(21(3)19-24)22-10-12-23(13-11-22)31(4,5)6/h10-15,18-19,25H,7-9,16-17H2,1-6H3,(H,32,35)(H,33,34)/t25-/m1/s1. The molecule has 198 valence electrons. The van der Waals surface area contributed by atoms with Crippen LogP contribution >= 0.6 is 23.1 Å². The van der Waals surface area contributed by atoms with E-state index in [1.165, 1.54) is 48.9 Å². The summed E-state index contributed by atoms with van der Waals surface area (Å²) in [5, 5.41) is 11.8. The fourth-order valence-electron chi connectivity index (χ4n) is 4.42. The third-order valence-electron chi connectivity index (χ3n) is 6.44. The second kappa shape index (κ2) is 12.8. The number of hydrogen-bond donors (Lipinski definition) is 2. The molecule has 1 atom stereocenters. The van der Waals surface area contributed by atoms with E-state index in [4.69, 9.17) is 5.11 Å². The number of amides is 1. The molecule has 2 N–H and O–H groups in total. The van der Waals surface area contributed by atoms with Crippen LogP contribution in [0, 0.1) is 13.8 Å². The summed E-state index contributed by atoms with van der Waals surface area (Å²) >= 11 is 3.38. The monoisotopic (exact) mass is 537 g/mol. The minimum Gasteiger partial charge on any atom is -0.481 e. The van der Waals surface area contributed by atoms with Crippen LogP contribution in [0.2, 0.25) is 0 Å². The fraction of sp³-hybridized carbons (Fsp3) is 0.419. The average molecular weight is 538 g/mol. The molecule has 0 radical (unpaired) electrons. The normalized spacial score (nSPS) is 12.4. The van der Waals surface area contributed by atoms with Crippen molar-refractivity contribution in [1.82, 2.24) is 5.32 Å². The minimum atomic E-state index is -0.915. The summed E-state index contributed by atoms with van der Waals surface area (Å²) in [4.78, 5) is 26.3. The molecule has 0 aliphatic rings. The number of carboxylic acids is 1. The highest BCUT2D eigenvalue weighted by Crippen LogP contribution is 2.43. The molecule has 0 aliphatic carbocycles. The van der Waals surface area contributed by atoms with Crippen molar-refractivity contribution in [3.8, 4) is 11.1 Å². The molecule has 0 spiro atoms. The summed E-state index contributed by atoms with van der Waals surface area (Å²) in [6, 6.07) is 17.4. The van der Waals surface area contributed by atoms with Crippen LogP contribution in [0.15, 0.2) is 53.4 Å². The van der Waals surface area contributed by atoms with Gasteiger partial charge in [0.1, 0.15) is 0 Å². The molecular weight excluding hydrogens is 498 g/mol. The molecule has 0 saturated heterocycles. The Hall–Kier alpha value is -2.57. The zero-order chi connectivity index (χ0) is 27.2. The van der Waals surface area contributed by atoms with Crippen LogP contribution in [0.3, 0.4) is 0 Å². The van der Waals surface area contributed by atoms with Crippen molar-refractivity contribution in [1.29, 1.82) is 0 Å².